The molecular formula is C25H27FN2O2S. The van der Waals surface area contributed by atoms with Gasteiger partial charge in [-0.1, -0.05) is 31.2 Å². The number of hydrogen-bond acceptors (Lipinski definition) is 4. The third-order valence-corrected chi connectivity index (χ3v) is 7.09. The predicted octanol–water partition coefficient (Wildman–Crippen LogP) is 6.17. The molecule has 0 N–H and O–H groups in total. The lowest BCUT2D eigenvalue weighted by molar-refractivity contribution is -0.123. The zero-order chi connectivity index (χ0) is 22.3. The summed E-state index contributed by atoms with van der Waals surface area (Å²) in [4.78, 5) is 29.2. The van der Waals surface area contributed by atoms with Crippen LogP contribution in [-0.2, 0) is 11.3 Å². The molecular weight excluding hydrogens is 411 g/mol. The number of amides is 2. The van der Waals surface area contributed by atoms with Gasteiger partial charge in [0.25, 0.3) is 11.1 Å². The van der Waals surface area contributed by atoms with E-state index in [4.69, 9.17) is 0 Å². The van der Waals surface area contributed by atoms with Crippen LogP contribution in [0.1, 0.15) is 56.7 Å². The lowest BCUT2D eigenvalue weighted by atomic mass is 9.79. The van der Waals surface area contributed by atoms with Crippen molar-refractivity contribution in [1.82, 2.24) is 4.90 Å². The van der Waals surface area contributed by atoms with Crippen LogP contribution in [-0.4, -0.2) is 28.1 Å². The maximum Gasteiger partial charge on any atom is 0.293 e. The van der Waals surface area contributed by atoms with Crippen molar-refractivity contribution in [3.63, 3.8) is 0 Å². The van der Waals surface area contributed by atoms with Crippen LogP contribution in [0.25, 0.3) is 6.08 Å². The molecule has 162 valence electrons. The van der Waals surface area contributed by atoms with Crippen molar-refractivity contribution < 1.29 is 14.0 Å². The molecule has 0 bridgehead atoms. The number of benzene rings is 2. The molecule has 0 unspecified atom stereocenters. The van der Waals surface area contributed by atoms with E-state index in [9.17, 15) is 14.0 Å². The topological polar surface area (TPSA) is 40.6 Å². The Morgan fingerprint density at radius 3 is 2.65 bits per heavy atom. The lowest BCUT2D eigenvalue weighted by Gasteiger charge is -2.47. The summed E-state index contributed by atoms with van der Waals surface area (Å²) in [5.74, 6) is -0.393. The van der Waals surface area contributed by atoms with Gasteiger partial charge in [0.1, 0.15) is 5.82 Å². The molecule has 1 atom stereocenters. The summed E-state index contributed by atoms with van der Waals surface area (Å²) in [5, 5.41) is -0.371. The quantitative estimate of drug-likeness (QED) is 0.535. The highest BCUT2D eigenvalue weighted by Gasteiger charge is 2.37. The molecule has 2 amide bonds. The van der Waals surface area contributed by atoms with Gasteiger partial charge in [-0.05, 0) is 80.3 Å². The fourth-order valence-electron chi connectivity index (χ4n) is 4.78. The van der Waals surface area contributed by atoms with E-state index < -0.39 is 5.82 Å². The fourth-order valence-corrected chi connectivity index (χ4v) is 5.62. The van der Waals surface area contributed by atoms with Crippen LogP contribution in [0.15, 0.2) is 47.4 Å². The first-order valence-electron chi connectivity index (χ1n) is 10.6. The fraction of sp³-hybridized carbons (Fsp3) is 0.360. The Balaban J connectivity index is 1.61. The molecule has 0 spiro atoms. The molecule has 4 rings (SSSR count). The first kappa shape index (κ1) is 21.6. The van der Waals surface area contributed by atoms with Crippen LogP contribution in [0.2, 0.25) is 0 Å². The standard InChI is InChI=1S/C25H27FN2O2S/c1-5-28-21-11-10-17(12-19(21)16(2)14-25(28,3)4)13-22-23(29)27(24(30)31-22)15-18-8-6-7-9-20(18)26/h6-13,16H,5,14-15H2,1-4H3/b22-13-/t16-/m1/s1. The number of imide groups is 1. The number of carbonyl (C=O) groups excluding carboxylic acids is 2. The van der Waals surface area contributed by atoms with E-state index in [2.05, 4.69) is 44.7 Å². The minimum atomic E-state index is -0.419. The largest absolute Gasteiger partial charge is 0.366 e. The van der Waals surface area contributed by atoms with E-state index in [1.165, 1.54) is 17.3 Å². The van der Waals surface area contributed by atoms with Gasteiger partial charge in [-0.25, -0.2) is 4.39 Å². The van der Waals surface area contributed by atoms with Crippen LogP contribution < -0.4 is 4.90 Å². The van der Waals surface area contributed by atoms with Gasteiger partial charge in [-0.3, -0.25) is 14.5 Å². The maximum atomic E-state index is 14.0. The van der Waals surface area contributed by atoms with Crippen LogP contribution in [0.4, 0.5) is 14.9 Å². The first-order chi connectivity index (χ1) is 14.7. The van der Waals surface area contributed by atoms with E-state index in [0.717, 1.165) is 35.2 Å². The van der Waals surface area contributed by atoms with Gasteiger partial charge in [-0.2, -0.15) is 0 Å². The molecule has 2 aromatic carbocycles. The zero-order valence-corrected chi connectivity index (χ0v) is 19.1. The second-order valence-corrected chi connectivity index (χ2v) is 9.83. The zero-order valence-electron chi connectivity index (χ0n) is 18.3. The van der Waals surface area contributed by atoms with Gasteiger partial charge in [0.05, 0.1) is 11.4 Å². The summed E-state index contributed by atoms with van der Waals surface area (Å²) in [5.41, 5.74) is 3.82. The second-order valence-electron chi connectivity index (χ2n) is 8.84. The summed E-state index contributed by atoms with van der Waals surface area (Å²) in [7, 11) is 0. The molecule has 2 aliphatic heterocycles. The number of thioether (sulfide) groups is 1. The van der Waals surface area contributed by atoms with Crippen molar-refractivity contribution in [2.24, 2.45) is 0 Å². The molecule has 1 fully saturated rings. The molecule has 1 saturated heterocycles. The Bertz CT molecular complexity index is 1080. The highest BCUT2D eigenvalue weighted by atomic mass is 32.2. The Morgan fingerprint density at radius 2 is 1.94 bits per heavy atom. The van der Waals surface area contributed by atoms with Crippen molar-refractivity contribution in [2.45, 2.75) is 52.1 Å². The van der Waals surface area contributed by atoms with Crippen molar-refractivity contribution >= 4 is 34.7 Å². The normalized spacial score (nSPS) is 21.7. The molecule has 6 heteroatoms. The molecule has 0 aliphatic carbocycles. The van der Waals surface area contributed by atoms with Gasteiger partial charge < -0.3 is 4.90 Å². The molecule has 0 aromatic heterocycles. The molecule has 0 radical (unpaired) electrons. The second kappa shape index (κ2) is 8.15. The van der Waals surface area contributed by atoms with Gasteiger partial charge in [-0.15, -0.1) is 0 Å². The average molecular weight is 439 g/mol. The Labute approximate surface area is 187 Å². The molecule has 2 aliphatic rings. The van der Waals surface area contributed by atoms with E-state index >= 15 is 0 Å². The number of fused-ring (bicyclic) bond motifs is 1. The molecule has 4 nitrogen and oxygen atoms in total. The number of halogens is 1. The van der Waals surface area contributed by atoms with Crippen molar-refractivity contribution in [1.29, 1.82) is 0 Å². The first-order valence-corrected chi connectivity index (χ1v) is 11.4. The van der Waals surface area contributed by atoms with Crippen LogP contribution in [0, 0.1) is 5.82 Å². The summed E-state index contributed by atoms with van der Waals surface area (Å²) in [6.07, 6.45) is 2.83. The van der Waals surface area contributed by atoms with E-state index in [1.54, 1.807) is 24.3 Å². The molecule has 31 heavy (non-hydrogen) atoms. The van der Waals surface area contributed by atoms with Crippen molar-refractivity contribution in [2.75, 3.05) is 11.4 Å². The van der Waals surface area contributed by atoms with E-state index in [-0.39, 0.29) is 23.2 Å². The van der Waals surface area contributed by atoms with E-state index in [1.807, 2.05) is 6.07 Å². The summed E-state index contributed by atoms with van der Waals surface area (Å²) < 4.78 is 14.0. The monoisotopic (exact) mass is 438 g/mol. The number of hydrogen-bond donors (Lipinski definition) is 0. The van der Waals surface area contributed by atoms with Gasteiger partial charge in [0, 0.05) is 23.3 Å². The average Bonchev–Trinajstić information content (AvgIpc) is 2.97. The van der Waals surface area contributed by atoms with Crippen molar-refractivity contribution in [3.05, 3.63) is 69.9 Å². The number of carbonyl (C=O) groups is 2. The van der Waals surface area contributed by atoms with Gasteiger partial charge in [0.15, 0.2) is 0 Å². The number of anilines is 1. The minimum Gasteiger partial charge on any atom is -0.366 e. The molecule has 0 saturated carbocycles. The maximum absolute atomic E-state index is 14.0. The Kier molecular flexibility index (Phi) is 5.69. The summed E-state index contributed by atoms with van der Waals surface area (Å²) in [6, 6.07) is 12.5. The van der Waals surface area contributed by atoms with Crippen LogP contribution >= 0.6 is 11.8 Å². The lowest BCUT2D eigenvalue weighted by Crippen LogP contribution is -2.48. The third-order valence-electron chi connectivity index (χ3n) is 6.18. The SMILES string of the molecule is CCN1c2ccc(/C=C3\SC(=O)N(Cc4ccccc4F)C3=O)cc2[C@H](C)CC1(C)C. The molecule has 2 aromatic rings. The molecule has 2 heterocycles. The Morgan fingerprint density at radius 1 is 1.19 bits per heavy atom. The summed E-state index contributed by atoms with van der Waals surface area (Å²) in [6.45, 7) is 9.82. The number of rotatable bonds is 4. The van der Waals surface area contributed by atoms with Gasteiger partial charge in [0.2, 0.25) is 0 Å². The highest BCUT2D eigenvalue weighted by Crippen LogP contribution is 2.44. The van der Waals surface area contributed by atoms with Crippen LogP contribution in [0.5, 0.6) is 0 Å². The van der Waals surface area contributed by atoms with Gasteiger partial charge >= 0.3 is 0 Å². The number of nitrogens with zero attached hydrogens (tertiary/aromatic N) is 2. The van der Waals surface area contributed by atoms with Crippen LogP contribution in [0.3, 0.4) is 0 Å². The third kappa shape index (κ3) is 4.01. The van der Waals surface area contributed by atoms with E-state index in [0.29, 0.717) is 16.4 Å². The van der Waals surface area contributed by atoms with Crippen molar-refractivity contribution in [3.8, 4) is 0 Å². The Hall–Kier alpha value is -2.60. The smallest absolute Gasteiger partial charge is 0.293 e. The predicted molar refractivity (Wildman–Crippen MR) is 124 cm³/mol. The minimum absolute atomic E-state index is 0.0591. The summed E-state index contributed by atoms with van der Waals surface area (Å²) >= 11 is 0.910. The highest BCUT2D eigenvalue weighted by molar-refractivity contribution is 8.18.